The van der Waals surface area contributed by atoms with E-state index >= 15 is 0 Å². The van der Waals surface area contributed by atoms with Crippen LogP contribution >= 0.6 is 0 Å². The fourth-order valence-corrected chi connectivity index (χ4v) is 4.48. The lowest BCUT2D eigenvalue weighted by atomic mass is 9.99. The third-order valence-corrected chi connectivity index (χ3v) is 5.81. The second-order valence-corrected chi connectivity index (χ2v) is 7.43. The van der Waals surface area contributed by atoms with Gasteiger partial charge in [0, 0.05) is 24.7 Å². The zero-order valence-corrected chi connectivity index (χ0v) is 16.1. The molecule has 1 aromatic rings. The van der Waals surface area contributed by atoms with Gasteiger partial charge in [-0.3, -0.25) is 9.69 Å². The molecule has 144 valence electrons. The molecular weight excluding hydrogens is 328 g/mol. The summed E-state index contributed by atoms with van der Waals surface area (Å²) in [6.07, 6.45) is 7.92. The quantitative estimate of drug-likeness (QED) is 0.894. The van der Waals surface area contributed by atoms with E-state index in [0.29, 0.717) is 6.04 Å². The number of methoxy groups -OCH3 is 2. The van der Waals surface area contributed by atoms with Gasteiger partial charge in [0.2, 0.25) is 5.91 Å². The van der Waals surface area contributed by atoms with Crippen LogP contribution in [-0.2, 0) is 11.3 Å². The normalized spacial score (nSPS) is 25.1. The maximum absolute atomic E-state index is 12.7. The predicted octanol–water partition coefficient (Wildman–Crippen LogP) is 3.36. The average Bonchev–Trinajstić information content (AvgIpc) is 3.14. The van der Waals surface area contributed by atoms with Crippen molar-refractivity contribution in [3.8, 4) is 11.5 Å². The molecule has 1 saturated carbocycles. The van der Waals surface area contributed by atoms with Gasteiger partial charge in [0.25, 0.3) is 0 Å². The number of carbonyl (C=O) groups is 1. The van der Waals surface area contributed by atoms with Crippen molar-refractivity contribution in [2.75, 3.05) is 27.3 Å². The summed E-state index contributed by atoms with van der Waals surface area (Å²) in [6.45, 7) is 2.66. The average molecular weight is 360 g/mol. The van der Waals surface area contributed by atoms with Gasteiger partial charge in [0.15, 0.2) is 11.5 Å². The zero-order chi connectivity index (χ0) is 18.4. The number of rotatable bonds is 4. The topological polar surface area (TPSA) is 50.8 Å². The van der Waals surface area contributed by atoms with Crippen LogP contribution in [0.2, 0.25) is 0 Å². The fraction of sp³-hybridized carbons (Fsp3) is 0.667. The lowest BCUT2D eigenvalue weighted by Gasteiger charge is -2.33. The summed E-state index contributed by atoms with van der Waals surface area (Å²) in [7, 11) is 3.37. The fourth-order valence-electron chi connectivity index (χ4n) is 4.48. The monoisotopic (exact) mass is 360 g/mol. The molecule has 0 bridgehead atoms. The summed E-state index contributed by atoms with van der Waals surface area (Å²) >= 11 is 0. The van der Waals surface area contributed by atoms with Crippen LogP contribution in [-0.4, -0.2) is 44.2 Å². The van der Waals surface area contributed by atoms with Gasteiger partial charge in [0.05, 0.1) is 20.1 Å². The van der Waals surface area contributed by atoms with Gasteiger partial charge in [-0.2, -0.15) is 0 Å². The van der Waals surface area contributed by atoms with Gasteiger partial charge in [0.1, 0.15) is 0 Å². The van der Waals surface area contributed by atoms with E-state index in [1.807, 2.05) is 12.1 Å². The van der Waals surface area contributed by atoms with Crippen molar-refractivity contribution in [3.63, 3.8) is 0 Å². The van der Waals surface area contributed by atoms with Gasteiger partial charge < -0.3 is 14.8 Å². The molecule has 3 rings (SSSR count). The molecule has 0 unspecified atom stereocenters. The van der Waals surface area contributed by atoms with Gasteiger partial charge in [-0.1, -0.05) is 31.4 Å². The maximum Gasteiger partial charge on any atom is 0.224 e. The van der Waals surface area contributed by atoms with Gasteiger partial charge in [-0.25, -0.2) is 0 Å². The molecule has 1 amide bonds. The summed E-state index contributed by atoms with van der Waals surface area (Å²) < 4.78 is 11.1. The molecule has 1 N–H and O–H groups in total. The number of benzene rings is 1. The van der Waals surface area contributed by atoms with Crippen LogP contribution < -0.4 is 14.8 Å². The third kappa shape index (κ3) is 4.32. The highest BCUT2D eigenvalue weighted by molar-refractivity contribution is 5.79. The highest BCUT2D eigenvalue weighted by Gasteiger charge is 2.37. The lowest BCUT2D eigenvalue weighted by molar-refractivity contribution is -0.126. The number of carbonyl (C=O) groups excluding carboxylic acids is 1. The van der Waals surface area contributed by atoms with Crippen LogP contribution in [0.5, 0.6) is 11.5 Å². The van der Waals surface area contributed by atoms with E-state index in [1.165, 1.54) is 19.3 Å². The molecule has 1 saturated heterocycles. The molecule has 1 aliphatic carbocycles. The predicted molar refractivity (Wildman–Crippen MR) is 103 cm³/mol. The van der Waals surface area contributed by atoms with Crippen LogP contribution in [0.25, 0.3) is 0 Å². The first-order chi connectivity index (χ1) is 12.7. The minimum absolute atomic E-state index is 0.115. The van der Waals surface area contributed by atoms with Crippen LogP contribution in [0.15, 0.2) is 18.2 Å². The lowest BCUT2D eigenvalue weighted by Crippen LogP contribution is -2.44. The summed E-state index contributed by atoms with van der Waals surface area (Å²) in [5, 5.41) is 3.17. The molecule has 1 heterocycles. The van der Waals surface area contributed by atoms with E-state index in [2.05, 4.69) is 16.3 Å². The first kappa shape index (κ1) is 19.0. The second kappa shape index (κ2) is 9.26. The first-order valence-electron chi connectivity index (χ1n) is 9.96. The Morgan fingerprint density at radius 2 is 1.92 bits per heavy atom. The summed E-state index contributed by atoms with van der Waals surface area (Å²) in [5.74, 6) is 1.94. The number of nitrogens with zero attached hydrogens (tertiary/aromatic N) is 1. The van der Waals surface area contributed by atoms with Crippen molar-refractivity contribution >= 4 is 5.91 Å². The highest BCUT2D eigenvalue weighted by atomic mass is 16.5. The van der Waals surface area contributed by atoms with Crippen molar-refractivity contribution in [3.05, 3.63) is 23.8 Å². The summed E-state index contributed by atoms with van der Waals surface area (Å²) in [4.78, 5) is 15.2. The Bertz CT molecular complexity index is 605. The van der Waals surface area contributed by atoms with Crippen molar-refractivity contribution in [1.82, 2.24) is 10.2 Å². The van der Waals surface area contributed by atoms with Crippen LogP contribution in [0.3, 0.4) is 0 Å². The molecule has 0 spiro atoms. The zero-order valence-electron chi connectivity index (χ0n) is 16.1. The molecule has 2 fully saturated rings. The SMILES string of the molecule is COc1cccc(CN2CCCCCCNC(=O)[C@@H]3CCC[C@@H]32)c1OC. The largest absolute Gasteiger partial charge is 0.493 e. The molecule has 0 radical (unpaired) electrons. The first-order valence-corrected chi connectivity index (χ1v) is 9.96. The van der Waals surface area contributed by atoms with E-state index in [4.69, 9.17) is 9.47 Å². The van der Waals surface area contributed by atoms with E-state index in [-0.39, 0.29) is 11.8 Å². The summed E-state index contributed by atoms with van der Waals surface area (Å²) in [5.41, 5.74) is 1.13. The molecule has 2 atom stereocenters. The van der Waals surface area contributed by atoms with Gasteiger partial charge in [-0.15, -0.1) is 0 Å². The maximum atomic E-state index is 12.7. The van der Waals surface area contributed by atoms with Crippen LogP contribution in [0.4, 0.5) is 0 Å². The van der Waals surface area contributed by atoms with Crippen molar-refractivity contribution in [1.29, 1.82) is 0 Å². The smallest absolute Gasteiger partial charge is 0.224 e. The third-order valence-electron chi connectivity index (χ3n) is 5.81. The number of nitrogens with one attached hydrogen (secondary N) is 1. The molecule has 5 heteroatoms. The van der Waals surface area contributed by atoms with Crippen molar-refractivity contribution < 1.29 is 14.3 Å². The molecular formula is C21H32N2O3. The minimum atomic E-state index is 0.115. The molecule has 26 heavy (non-hydrogen) atoms. The molecule has 1 aromatic carbocycles. The molecule has 0 aromatic heterocycles. The Hall–Kier alpha value is -1.75. The minimum Gasteiger partial charge on any atom is -0.493 e. The van der Waals surface area contributed by atoms with E-state index < -0.39 is 0 Å². The molecule has 2 aliphatic rings. The highest BCUT2D eigenvalue weighted by Crippen LogP contribution is 2.35. The molecule has 5 nitrogen and oxygen atoms in total. The van der Waals surface area contributed by atoms with E-state index in [1.54, 1.807) is 14.2 Å². The summed E-state index contributed by atoms with van der Waals surface area (Å²) in [6, 6.07) is 6.38. The Morgan fingerprint density at radius 3 is 2.73 bits per heavy atom. The Labute approximate surface area is 157 Å². The number of amides is 1. The van der Waals surface area contributed by atoms with Crippen LogP contribution in [0, 0.1) is 5.92 Å². The molecule has 1 aliphatic heterocycles. The van der Waals surface area contributed by atoms with Crippen molar-refractivity contribution in [2.24, 2.45) is 5.92 Å². The number of hydrogen-bond acceptors (Lipinski definition) is 4. The Balaban J connectivity index is 1.84. The second-order valence-electron chi connectivity index (χ2n) is 7.43. The Morgan fingerprint density at radius 1 is 1.08 bits per heavy atom. The van der Waals surface area contributed by atoms with Gasteiger partial charge >= 0.3 is 0 Å². The van der Waals surface area contributed by atoms with Gasteiger partial charge in [-0.05, 0) is 38.3 Å². The number of ether oxygens (including phenoxy) is 2. The number of fused-ring (bicyclic) bond motifs is 1. The van der Waals surface area contributed by atoms with Crippen LogP contribution in [0.1, 0.15) is 50.5 Å². The van der Waals surface area contributed by atoms with E-state index in [9.17, 15) is 4.79 Å². The van der Waals surface area contributed by atoms with E-state index in [0.717, 1.165) is 62.4 Å². The Kier molecular flexibility index (Phi) is 6.78. The standard InChI is InChI=1S/C21H32N2O3/c1-25-19-12-7-9-16(20(19)26-2)15-23-14-6-4-3-5-13-22-21(24)17-10-8-11-18(17)23/h7,9,12,17-18H,3-6,8,10-11,13-15H2,1-2H3,(H,22,24)/t17-,18+/m1/s1. The number of hydrogen-bond donors (Lipinski definition) is 1. The number of para-hydroxylation sites is 1. The van der Waals surface area contributed by atoms with Crippen molar-refractivity contribution in [2.45, 2.75) is 57.5 Å².